The van der Waals surface area contributed by atoms with Gasteiger partial charge in [0, 0.05) is 25.7 Å². The number of aliphatic hydroxyl groups excluding tert-OH is 1. The second-order valence-corrected chi connectivity index (χ2v) is 7.15. The number of morpholine rings is 1. The Morgan fingerprint density at radius 2 is 2.00 bits per heavy atom. The highest BCUT2D eigenvalue weighted by molar-refractivity contribution is 4.87. The van der Waals surface area contributed by atoms with Crippen LogP contribution in [0.3, 0.4) is 0 Å². The van der Waals surface area contributed by atoms with E-state index in [0.717, 1.165) is 32.8 Å². The minimum atomic E-state index is -0.0174. The van der Waals surface area contributed by atoms with Gasteiger partial charge in [0.15, 0.2) is 0 Å². The molecule has 21 heavy (non-hydrogen) atoms. The summed E-state index contributed by atoms with van der Waals surface area (Å²) in [5.41, 5.74) is 0.320. The second kappa shape index (κ2) is 9.09. The van der Waals surface area contributed by atoms with Crippen LogP contribution in [-0.4, -0.2) is 61.5 Å². The summed E-state index contributed by atoms with van der Waals surface area (Å²) >= 11 is 0. The maximum atomic E-state index is 9.35. The Balaban J connectivity index is 2.62. The summed E-state index contributed by atoms with van der Waals surface area (Å²) in [6.45, 7) is 16.3. The molecule has 0 aromatic heterocycles. The summed E-state index contributed by atoms with van der Waals surface area (Å²) in [6, 6.07) is 0.440. The number of nitrogens with zero attached hydrogens (tertiary/aromatic N) is 1. The highest BCUT2D eigenvalue weighted by Crippen LogP contribution is 2.29. The number of ether oxygens (including phenoxy) is 1. The average Bonchev–Trinajstić information content (AvgIpc) is 2.48. The van der Waals surface area contributed by atoms with Crippen molar-refractivity contribution < 1.29 is 9.84 Å². The van der Waals surface area contributed by atoms with Gasteiger partial charge in [-0.15, -0.1) is 0 Å². The first kappa shape index (κ1) is 18.9. The van der Waals surface area contributed by atoms with Crippen LogP contribution in [0.4, 0.5) is 0 Å². The standard InChI is InChI=1S/C17H36N2O2/c1-6-17(7-2,12-18-8-14(3)4)13-19-9-16(10-20)21-11-15(19)5/h14-16,18,20H,6-13H2,1-5H3. The SMILES string of the molecule is CCC(CC)(CNCC(C)C)CN1CC(CO)OCC1C. The van der Waals surface area contributed by atoms with E-state index in [0.29, 0.717) is 17.4 Å². The summed E-state index contributed by atoms with van der Waals surface area (Å²) in [6.07, 6.45) is 2.35. The van der Waals surface area contributed by atoms with E-state index in [-0.39, 0.29) is 12.7 Å². The largest absolute Gasteiger partial charge is 0.394 e. The van der Waals surface area contributed by atoms with Gasteiger partial charge in [-0.3, -0.25) is 4.90 Å². The van der Waals surface area contributed by atoms with Gasteiger partial charge in [-0.05, 0) is 37.6 Å². The first-order valence-corrected chi connectivity index (χ1v) is 8.63. The number of nitrogens with one attached hydrogen (secondary N) is 1. The Morgan fingerprint density at radius 1 is 1.33 bits per heavy atom. The third-order valence-corrected chi connectivity index (χ3v) is 4.93. The van der Waals surface area contributed by atoms with Gasteiger partial charge >= 0.3 is 0 Å². The minimum absolute atomic E-state index is 0.0174. The Morgan fingerprint density at radius 3 is 2.52 bits per heavy atom. The van der Waals surface area contributed by atoms with Crippen molar-refractivity contribution >= 4 is 0 Å². The lowest BCUT2D eigenvalue weighted by atomic mass is 9.81. The maximum Gasteiger partial charge on any atom is 0.0933 e. The molecule has 1 saturated heterocycles. The van der Waals surface area contributed by atoms with Crippen molar-refractivity contribution in [3.63, 3.8) is 0 Å². The van der Waals surface area contributed by atoms with Crippen molar-refractivity contribution in [3.8, 4) is 0 Å². The van der Waals surface area contributed by atoms with E-state index in [2.05, 4.69) is 44.8 Å². The number of rotatable bonds is 9. The Labute approximate surface area is 131 Å². The first-order valence-electron chi connectivity index (χ1n) is 8.63. The Bertz CT molecular complexity index is 280. The average molecular weight is 300 g/mol. The van der Waals surface area contributed by atoms with Crippen molar-refractivity contribution in [1.29, 1.82) is 0 Å². The van der Waals surface area contributed by atoms with Crippen molar-refractivity contribution in [2.45, 2.75) is 59.6 Å². The van der Waals surface area contributed by atoms with Gasteiger partial charge in [-0.1, -0.05) is 27.7 Å². The minimum Gasteiger partial charge on any atom is -0.394 e. The molecule has 1 heterocycles. The molecule has 126 valence electrons. The lowest BCUT2D eigenvalue weighted by Gasteiger charge is -2.44. The molecular weight excluding hydrogens is 264 g/mol. The predicted octanol–water partition coefficient (Wildman–Crippen LogP) is 2.12. The molecule has 0 spiro atoms. The molecule has 0 aliphatic carbocycles. The van der Waals surface area contributed by atoms with Crippen LogP contribution in [0.2, 0.25) is 0 Å². The molecule has 2 atom stereocenters. The van der Waals surface area contributed by atoms with Gasteiger partial charge in [-0.2, -0.15) is 0 Å². The van der Waals surface area contributed by atoms with Gasteiger partial charge in [0.1, 0.15) is 0 Å². The smallest absolute Gasteiger partial charge is 0.0933 e. The van der Waals surface area contributed by atoms with Crippen LogP contribution in [0.5, 0.6) is 0 Å². The summed E-state index contributed by atoms with van der Waals surface area (Å²) < 4.78 is 5.66. The van der Waals surface area contributed by atoms with Crippen molar-refractivity contribution in [2.24, 2.45) is 11.3 Å². The molecule has 0 amide bonds. The van der Waals surface area contributed by atoms with Crippen LogP contribution in [0, 0.1) is 11.3 Å². The van der Waals surface area contributed by atoms with Gasteiger partial charge in [0.05, 0.1) is 19.3 Å². The van der Waals surface area contributed by atoms with E-state index in [1.807, 2.05) is 0 Å². The quantitative estimate of drug-likeness (QED) is 0.685. The molecule has 0 aromatic carbocycles. The summed E-state index contributed by atoms with van der Waals surface area (Å²) in [7, 11) is 0. The summed E-state index contributed by atoms with van der Waals surface area (Å²) in [5.74, 6) is 0.692. The third kappa shape index (κ3) is 5.85. The third-order valence-electron chi connectivity index (χ3n) is 4.93. The van der Waals surface area contributed by atoms with Crippen molar-refractivity contribution in [2.75, 3.05) is 39.4 Å². The monoisotopic (exact) mass is 300 g/mol. The molecule has 0 radical (unpaired) electrons. The summed E-state index contributed by atoms with van der Waals surface area (Å²) in [5, 5.41) is 13.0. The molecule has 1 rings (SSSR count). The van der Waals surface area contributed by atoms with E-state index in [4.69, 9.17) is 4.74 Å². The second-order valence-electron chi connectivity index (χ2n) is 7.15. The molecule has 2 N–H and O–H groups in total. The fourth-order valence-electron chi connectivity index (χ4n) is 3.04. The zero-order valence-electron chi connectivity index (χ0n) is 14.7. The topological polar surface area (TPSA) is 44.7 Å². The van der Waals surface area contributed by atoms with E-state index in [1.165, 1.54) is 12.8 Å². The normalized spacial score (nSPS) is 24.7. The lowest BCUT2D eigenvalue weighted by Crippen LogP contribution is -2.54. The van der Waals surface area contributed by atoms with E-state index < -0.39 is 0 Å². The van der Waals surface area contributed by atoms with Crippen LogP contribution in [0.1, 0.15) is 47.5 Å². The number of hydrogen-bond donors (Lipinski definition) is 2. The molecule has 1 aliphatic heterocycles. The number of hydrogen-bond acceptors (Lipinski definition) is 4. The van der Waals surface area contributed by atoms with E-state index in [9.17, 15) is 5.11 Å². The fraction of sp³-hybridized carbons (Fsp3) is 1.00. The van der Waals surface area contributed by atoms with Crippen molar-refractivity contribution in [1.82, 2.24) is 10.2 Å². The predicted molar refractivity (Wildman–Crippen MR) is 88.6 cm³/mol. The lowest BCUT2D eigenvalue weighted by molar-refractivity contribution is -0.0887. The van der Waals surface area contributed by atoms with E-state index in [1.54, 1.807) is 0 Å². The molecular formula is C17H36N2O2. The molecule has 4 nitrogen and oxygen atoms in total. The molecule has 0 bridgehead atoms. The van der Waals surface area contributed by atoms with Crippen LogP contribution >= 0.6 is 0 Å². The molecule has 0 aromatic rings. The van der Waals surface area contributed by atoms with Crippen LogP contribution in [-0.2, 0) is 4.74 Å². The highest BCUT2D eigenvalue weighted by atomic mass is 16.5. The highest BCUT2D eigenvalue weighted by Gasteiger charge is 2.33. The van der Waals surface area contributed by atoms with Gasteiger partial charge < -0.3 is 15.2 Å². The van der Waals surface area contributed by atoms with Gasteiger partial charge in [0.2, 0.25) is 0 Å². The van der Waals surface area contributed by atoms with Crippen molar-refractivity contribution in [3.05, 3.63) is 0 Å². The molecule has 2 unspecified atom stereocenters. The van der Waals surface area contributed by atoms with Crippen LogP contribution in [0.25, 0.3) is 0 Å². The Hall–Kier alpha value is -0.160. The zero-order valence-corrected chi connectivity index (χ0v) is 14.7. The molecule has 0 saturated carbocycles. The van der Waals surface area contributed by atoms with E-state index >= 15 is 0 Å². The maximum absolute atomic E-state index is 9.35. The first-order chi connectivity index (χ1) is 9.96. The molecule has 4 heteroatoms. The fourth-order valence-corrected chi connectivity index (χ4v) is 3.04. The number of aliphatic hydroxyl groups is 1. The Kier molecular flexibility index (Phi) is 8.17. The summed E-state index contributed by atoms with van der Waals surface area (Å²) in [4.78, 5) is 2.51. The molecule has 1 fully saturated rings. The van der Waals surface area contributed by atoms with Gasteiger partial charge in [0.25, 0.3) is 0 Å². The zero-order chi connectivity index (χ0) is 15.9. The molecule has 1 aliphatic rings. The van der Waals surface area contributed by atoms with Crippen LogP contribution < -0.4 is 5.32 Å². The van der Waals surface area contributed by atoms with Gasteiger partial charge in [-0.25, -0.2) is 0 Å². The van der Waals surface area contributed by atoms with Crippen LogP contribution in [0.15, 0.2) is 0 Å².